The van der Waals surface area contributed by atoms with Gasteiger partial charge in [0.15, 0.2) is 0 Å². The van der Waals surface area contributed by atoms with Gasteiger partial charge in [0.2, 0.25) is 0 Å². The van der Waals surface area contributed by atoms with Crippen molar-refractivity contribution in [3.8, 4) is 0 Å². The van der Waals surface area contributed by atoms with Gasteiger partial charge in [-0.25, -0.2) is 0 Å². The van der Waals surface area contributed by atoms with Crippen LogP contribution in [-0.2, 0) is 0 Å². The summed E-state index contributed by atoms with van der Waals surface area (Å²) >= 11 is 5.81. The molecule has 72 valence electrons. The molecule has 0 aliphatic carbocycles. The Morgan fingerprint density at radius 3 is 2.43 bits per heavy atom. The number of hydrogen-bond donors (Lipinski definition) is 0. The van der Waals surface area contributed by atoms with Crippen LogP contribution in [-0.4, -0.2) is 7.72 Å². The van der Waals surface area contributed by atoms with E-state index in [0.717, 1.165) is 10.8 Å². The lowest BCUT2D eigenvalue weighted by Crippen LogP contribution is -2.34. The fraction of sp³-hybridized carbons (Fsp3) is 0.0909. The summed E-state index contributed by atoms with van der Waals surface area (Å²) in [6.07, 6.45) is 0. The van der Waals surface area contributed by atoms with E-state index in [9.17, 15) is 4.11 Å². The summed E-state index contributed by atoms with van der Waals surface area (Å²) in [6, 6.07) is 13.3. The topological polar surface area (TPSA) is 0 Å². The van der Waals surface area contributed by atoms with Gasteiger partial charge in [0.05, 0.1) is 0 Å². The minimum atomic E-state index is -3.23. The van der Waals surface area contributed by atoms with Crippen LogP contribution in [0.5, 0.6) is 0 Å². The van der Waals surface area contributed by atoms with Gasteiger partial charge in [-0.3, -0.25) is 4.11 Å². The molecule has 0 aromatic heterocycles. The molecule has 0 nitrogen and oxygen atoms in total. The summed E-state index contributed by atoms with van der Waals surface area (Å²) in [5, 5.41) is 2.64. The third-order valence-corrected chi connectivity index (χ3v) is 4.26. The third kappa shape index (κ3) is 1.68. The summed E-state index contributed by atoms with van der Waals surface area (Å²) < 4.78 is 13.8. The lowest BCUT2D eigenvalue weighted by atomic mass is 10.1. The molecular formula is C11H10ClFSi. The third-order valence-electron chi connectivity index (χ3n) is 2.26. The van der Waals surface area contributed by atoms with Crippen molar-refractivity contribution in [2.45, 2.75) is 6.55 Å². The second kappa shape index (κ2) is 3.37. The van der Waals surface area contributed by atoms with Gasteiger partial charge < -0.3 is 0 Å². The maximum Gasteiger partial charge on any atom is 0.367 e. The predicted molar refractivity (Wildman–Crippen MR) is 62.2 cm³/mol. The molecule has 2 rings (SSSR count). The molecule has 0 aliphatic rings. The van der Waals surface area contributed by atoms with E-state index >= 15 is 0 Å². The number of hydrogen-bond acceptors (Lipinski definition) is 0. The first-order valence-corrected chi connectivity index (χ1v) is 7.84. The van der Waals surface area contributed by atoms with E-state index in [1.165, 1.54) is 6.55 Å². The molecule has 1 unspecified atom stereocenters. The van der Waals surface area contributed by atoms with Gasteiger partial charge in [0.1, 0.15) is 0 Å². The molecule has 0 radical (unpaired) electrons. The highest BCUT2D eigenvalue weighted by Crippen LogP contribution is 2.18. The molecule has 0 amide bonds. The average Bonchev–Trinajstić information content (AvgIpc) is 2.15. The van der Waals surface area contributed by atoms with E-state index in [2.05, 4.69) is 0 Å². The molecule has 0 saturated carbocycles. The van der Waals surface area contributed by atoms with Crippen LogP contribution in [0, 0.1) is 0 Å². The second-order valence-electron chi connectivity index (χ2n) is 3.42. The highest BCUT2D eigenvalue weighted by molar-refractivity contribution is 7.23. The van der Waals surface area contributed by atoms with Crippen molar-refractivity contribution >= 4 is 34.8 Å². The zero-order chi connectivity index (χ0) is 10.2. The van der Waals surface area contributed by atoms with Crippen LogP contribution in [0.25, 0.3) is 10.8 Å². The molecule has 0 saturated heterocycles. The summed E-state index contributed by atoms with van der Waals surface area (Å²) in [7, 11) is -3.23. The van der Waals surface area contributed by atoms with Gasteiger partial charge in [0, 0.05) is 0 Å². The molecule has 0 bridgehead atoms. The van der Waals surface area contributed by atoms with Gasteiger partial charge in [-0.15, -0.1) is 11.1 Å². The predicted octanol–water partition coefficient (Wildman–Crippen LogP) is 3.33. The summed E-state index contributed by atoms with van der Waals surface area (Å²) in [4.78, 5) is 0. The Morgan fingerprint density at radius 2 is 1.71 bits per heavy atom. The molecule has 2 aromatic rings. The number of fused-ring (bicyclic) bond motifs is 1. The minimum absolute atomic E-state index is 0.664. The molecule has 0 heterocycles. The first kappa shape index (κ1) is 9.68. The van der Waals surface area contributed by atoms with Crippen LogP contribution in [0.1, 0.15) is 0 Å². The van der Waals surface area contributed by atoms with Crippen molar-refractivity contribution in [3.63, 3.8) is 0 Å². The Bertz CT molecular complexity index is 457. The lowest BCUT2D eigenvalue weighted by molar-refractivity contribution is 0.845. The van der Waals surface area contributed by atoms with Crippen molar-refractivity contribution in [2.75, 3.05) is 0 Å². The monoisotopic (exact) mass is 224 g/mol. The SMILES string of the molecule is C[Si](F)(Cl)c1cccc2ccccc12. The van der Waals surface area contributed by atoms with Crippen molar-refractivity contribution in [3.05, 3.63) is 42.5 Å². The quantitative estimate of drug-likeness (QED) is 0.515. The Hall–Kier alpha value is -0.863. The fourth-order valence-electron chi connectivity index (χ4n) is 1.61. The van der Waals surface area contributed by atoms with E-state index < -0.39 is 7.72 Å². The largest absolute Gasteiger partial charge is 0.367 e. The van der Waals surface area contributed by atoms with Crippen molar-refractivity contribution in [2.24, 2.45) is 0 Å². The Morgan fingerprint density at radius 1 is 1.07 bits per heavy atom. The minimum Gasteiger partial charge on any atom is -0.287 e. The zero-order valence-corrected chi connectivity index (χ0v) is 9.55. The van der Waals surface area contributed by atoms with Crippen LogP contribution in [0.3, 0.4) is 0 Å². The molecule has 0 aliphatic heterocycles. The van der Waals surface area contributed by atoms with E-state index in [1.807, 2.05) is 36.4 Å². The lowest BCUT2D eigenvalue weighted by Gasteiger charge is -2.11. The smallest absolute Gasteiger partial charge is 0.287 e. The Balaban J connectivity index is 2.78. The molecule has 0 N–H and O–H groups in total. The molecule has 0 spiro atoms. The normalized spacial score (nSPS) is 15.4. The molecule has 2 aromatic carbocycles. The van der Waals surface area contributed by atoms with Gasteiger partial charge >= 0.3 is 7.72 Å². The maximum atomic E-state index is 13.8. The Labute approximate surface area is 88.2 Å². The van der Waals surface area contributed by atoms with Gasteiger partial charge in [-0.05, 0) is 22.5 Å². The summed E-state index contributed by atoms with van der Waals surface area (Å²) in [5.74, 6) is 0. The zero-order valence-electron chi connectivity index (χ0n) is 7.80. The summed E-state index contributed by atoms with van der Waals surface area (Å²) in [6.45, 7) is 1.50. The maximum absolute atomic E-state index is 13.8. The van der Waals surface area contributed by atoms with Crippen LogP contribution >= 0.6 is 11.1 Å². The van der Waals surface area contributed by atoms with Crippen molar-refractivity contribution in [1.29, 1.82) is 0 Å². The first-order valence-electron chi connectivity index (χ1n) is 4.45. The van der Waals surface area contributed by atoms with Crippen molar-refractivity contribution in [1.82, 2.24) is 0 Å². The van der Waals surface area contributed by atoms with Crippen LogP contribution in [0.15, 0.2) is 42.5 Å². The Kier molecular flexibility index (Phi) is 2.33. The van der Waals surface area contributed by atoms with Gasteiger partial charge in [0.25, 0.3) is 0 Å². The van der Waals surface area contributed by atoms with Gasteiger partial charge in [-0.2, -0.15) is 0 Å². The number of halogens is 2. The van der Waals surface area contributed by atoms with Gasteiger partial charge in [-0.1, -0.05) is 42.5 Å². The second-order valence-corrected chi connectivity index (χ2v) is 7.86. The van der Waals surface area contributed by atoms with Crippen LogP contribution in [0.2, 0.25) is 6.55 Å². The average molecular weight is 225 g/mol. The highest BCUT2D eigenvalue weighted by Gasteiger charge is 2.28. The fourth-order valence-corrected chi connectivity index (χ4v) is 3.19. The molecule has 1 atom stereocenters. The molecular weight excluding hydrogens is 215 g/mol. The standard InChI is InChI=1S/C11H10ClFSi/c1-14(12,13)11-8-4-6-9-5-2-3-7-10(9)11/h2-8H,1H3. The number of rotatable bonds is 1. The van der Waals surface area contributed by atoms with Crippen LogP contribution < -0.4 is 5.19 Å². The van der Waals surface area contributed by atoms with E-state index in [1.54, 1.807) is 6.07 Å². The van der Waals surface area contributed by atoms with E-state index in [4.69, 9.17) is 11.1 Å². The molecule has 0 fully saturated rings. The van der Waals surface area contributed by atoms with Crippen LogP contribution in [0.4, 0.5) is 4.11 Å². The molecule has 14 heavy (non-hydrogen) atoms. The molecule has 3 heteroatoms. The van der Waals surface area contributed by atoms with Crippen molar-refractivity contribution < 1.29 is 4.11 Å². The first-order chi connectivity index (χ1) is 6.59. The highest BCUT2D eigenvalue weighted by atomic mass is 35.6. The number of benzene rings is 2. The van der Waals surface area contributed by atoms with E-state index in [0.29, 0.717) is 5.19 Å². The van der Waals surface area contributed by atoms with E-state index in [-0.39, 0.29) is 0 Å². The summed E-state index contributed by atoms with van der Waals surface area (Å²) in [5.41, 5.74) is 0.